The largest absolute Gasteiger partial charge is 0.497 e. The van der Waals surface area contributed by atoms with Crippen LogP contribution in [0, 0.1) is 5.92 Å². The van der Waals surface area contributed by atoms with Crippen LogP contribution in [0.25, 0.3) is 10.9 Å². The van der Waals surface area contributed by atoms with Gasteiger partial charge in [0.05, 0.1) is 7.11 Å². The molecule has 5 heteroatoms. The zero-order valence-electron chi connectivity index (χ0n) is 18.1. The number of likely N-dealkylation sites (tertiary alicyclic amines) is 1. The van der Waals surface area contributed by atoms with Gasteiger partial charge in [0.15, 0.2) is 0 Å². The summed E-state index contributed by atoms with van der Waals surface area (Å²) < 4.78 is 5.39. The number of nitrogens with zero attached hydrogens (tertiary/aromatic N) is 1. The van der Waals surface area contributed by atoms with Crippen molar-refractivity contribution >= 4 is 22.5 Å². The molecule has 1 aliphatic rings. The van der Waals surface area contributed by atoms with Crippen molar-refractivity contribution in [3.63, 3.8) is 0 Å². The fraction of sp³-hybridized carbons (Fsp3) is 0.400. The lowest BCUT2D eigenvalue weighted by atomic mass is 9.89. The fourth-order valence-corrected chi connectivity index (χ4v) is 4.24. The summed E-state index contributed by atoms with van der Waals surface area (Å²) in [5.41, 5.74) is 4.70. The van der Waals surface area contributed by atoms with Crippen LogP contribution in [0.3, 0.4) is 0 Å². The SMILES string of the molecule is COc1ccc2[nH]cc(CN3CCC(c4cccc(NC(=O)C(C)C)c4)CC3)c2c1. The maximum Gasteiger partial charge on any atom is 0.226 e. The number of carbonyl (C=O) groups is 1. The Morgan fingerprint density at radius 2 is 2.00 bits per heavy atom. The number of H-pyrrole nitrogens is 1. The van der Waals surface area contributed by atoms with Gasteiger partial charge in [-0.05, 0) is 73.3 Å². The summed E-state index contributed by atoms with van der Waals surface area (Å²) >= 11 is 0. The molecule has 1 fully saturated rings. The monoisotopic (exact) mass is 405 g/mol. The molecule has 158 valence electrons. The van der Waals surface area contributed by atoms with Gasteiger partial charge in [-0.25, -0.2) is 0 Å². The first kappa shape index (κ1) is 20.5. The topological polar surface area (TPSA) is 57.4 Å². The van der Waals surface area contributed by atoms with E-state index in [1.54, 1.807) is 7.11 Å². The van der Waals surface area contributed by atoms with E-state index in [0.29, 0.717) is 5.92 Å². The van der Waals surface area contributed by atoms with Crippen molar-refractivity contribution in [2.45, 2.75) is 39.2 Å². The van der Waals surface area contributed by atoms with Crippen molar-refractivity contribution in [2.75, 3.05) is 25.5 Å². The number of anilines is 1. The van der Waals surface area contributed by atoms with E-state index in [9.17, 15) is 4.79 Å². The van der Waals surface area contributed by atoms with E-state index in [-0.39, 0.29) is 11.8 Å². The van der Waals surface area contributed by atoms with Crippen molar-refractivity contribution in [2.24, 2.45) is 5.92 Å². The van der Waals surface area contributed by atoms with E-state index in [4.69, 9.17) is 4.74 Å². The smallest absolute Gasteiger partial charge is 0.226 e. The molecular weight excluding hydrogens is 374 g/mol. The minimum atomic E-state index is -0.0126. The minimum Gasteiger partial charge on any atom is -0.497 e. The Kier molecular flexibility index (Phi) is 6.09. The van der Waals surface area contributed by atoms with E-state index in [0.717, 1.165) is 49.4 Å². The van der Waals surface area contributed by atoms with Crippen LogP contribution in [0.2, 0.25) is 0 Å². The zero-order valence-corrected chi connectivity index (χ0v) is 18.1. The molecule has 1 amide bonds. The Labute approximate surface area is 178 Å². The van der Waals surface area contributed by atoms with Crippen molar-refractivity contribution in [1.82, 2.24) is 9.88 Å². The van der Waals surface area contributed by atoms with Crippen LogP contribution in [0.15, 0.2) is 48.7 Å². The first-order chi connectivity index (χ1) is 14.5. The molecule has 0 atom stereocenters. The average Bonchev–Trinajstić information content (AvgIpc) is 3.16. The Balaban J connectivity index is 1.38. The van der Waals surface area contributed by atoms with E-state index in [1.807, 2.05) is 26.0 Å². The van der Waals surface area contributed by atoms with Gasteiger partial charge in [0, 0.05) is 35.2 Å². The number of aromatic amines is 1. The van der Waals surface area contributed by atoms with E-state index in [1.165, 1.54) is 16.5 Å². The van der Waals surface area contributed by atoms with Gasteiger partial charge >= 0.3 is 0 Å². The Bertz CT molecular complexity index is 1020. The van der Waals surface area contributed by atoms with E-state index < -0.39 is 0 Å². The number of hydrogen-bond acceptors (Lipinski definition) is 3. The van der Waals surface area contributed by atoms with Crippen LogP contribution in [-0.4, -0.2) is 36.0 Å². The lowest BCUT2D eigenvalue weighted by molar-refractivity contribution is -0.118. The molecule has 0 spiro atoms. The van der Waals surface area contributed by atoms with Crippen LogP contribution in [0.4, 0.5) is 5.69 Å². The van der Waals surface area contributed by atoms with E-state index >= 15 is 0 Å². The number of methoxy groups -OCH3 is 1. The molecule has 30 heavy (non-hydrogen) atoms. The summed E-state index contributed by atoms with van der Waals surface area (Å²) in [7, 11) is 1.71. The van der Waals surface area contributed by atoms with Gasteiger partial charge < -0.3 is 15.0 Å². The number of hydrogen-bond donors (Lipinski definition) is 2. The van der Waals surface area contributed by atoms with Gasteiger partial charge in [-0.2, -0.15) is 0 Å². The number of piperidine rings is 1. The highest BCUT2D eigenvalue weighted by Crippen LogP contribution is 2.31. The fourth-order valence-electron chi connectivity index (χ4n) is 4.24. The highest BCUT2D eigenvalue weighted by molar-refractivity contribution is 5.92. The number of ether oxygens (including phenoxy) is 1. The number of amides is 1. The molecule has 0 radical (unpaired) electrons. The van der Waals surface area contributed by atoms with Crippen molar-refractivity contribution < 1.29 is 9.53 Å². The molecule has 0 bridgehead atoms. The van der Waals surface area contributed by atoms with Crippen molar-refractivity contribution in [3.8, 4) is 5.75 Å². The molecule has 2 N–H and O–H groups in total. The maximum atomic E-state index is 12.0. The zero-order chi connectivity index (χ0) is 21.1. The Morgan fingerprint density at radius 1 is 1.20 bits per heavy atom. The predicted molar refractivity (Wildman–Crippen MR) is 122 cm³/mol. The first-order valence-electron chi connectivity index (χ1n) is 10.8. The number of fused-ring (bicyclic) bond motifs is 1. The lowest BCUT2D eigenvalue weighted by Crippen LogP contribution is -2.32. The minimum absolute atomic E-state index is 0.0126. The molecule has 1 saturated heterocycles. The summed E-state index contributed by atoms with van der Waals surface area (Å²) in [4.78, 5) is 17.9. The third-order valence-electron chi connectivity index (χ3n) is 6.11. The number of rotatable bonds is 6. The molecule has 1 aliphatic heterocycles. The maximum absolute atomic E-state index is 12.0. The second-order valence-electron chi connectivity index (χ2n) is 8.55. The Morgan fingerprint density at radius 3 is 2.73 bits per heavy atom. The van der Waals surface area contributed by atoms with Crippen LogP contribution < -0.4 is 10.1 Å². The van der Waals surface area contributed by atoms with Crippen LogP contribution in [0.5, 0.6) is 5.75 Å². The quantitative estimate of drug-likeness (QED) is 0.596. The molecule has 5 nitrogen and oxygen atoms in total. The van der Waals surface area contributed by atoms with Crippen molar-refractivity contribution in [1.29, 1.82) is 0 Å². The van der Waals surface area contributed by atoms with Gasteiger partial charge in [0.25, 0.3) is 0 Å². The molecular formula is C25H31N3O2. The third kappa shape index (κ3) is 4.51. The first-order valence-corrected chi connectivity index (χ1v) is 10.8. The third-order valence-corrected chi connectivity index (χ3v) is 6.11. The van der Waals surface area contributed by atoms with Crippen LogP contribution in [0.1, 0.15) is 43.7 Å². The van der Waals surface area contributed by atoms with Gasteiger partial charge in [0.1, 0.15) is 5.75 Å². The summed E-state index contributed by atoms with van der Waals surface area (Å²) in [6.07, 6.45) is 4.39. The second-order valence-corrected chi connectivity index (χ2v) is 8.55. The number of aromatic nitrogens is 1. The highest BCUT2D eigenvalue weighted by Gasteiger charge is 2.22. The van der Waals surface area contributed by atoms with Crippen LogP contribution in [-0.2, 0) is 11.3 Å². The molecule has 3 aromatic rings. The number of carbonyl (C=O) groups excluding carboxylic acids is 1. The van der Waals surface area contributed by atoms with Gasteiger partial charge in [0.2, 0.25) is 5.91 Å². The molecule has 1 aromatic heterocycles. The van der Waals surface area contributed by atoms with Crippen LogP contribution >= 0.6 is 0 Å². The van der Waals surface area contributed by atoms with Gasteiger partial charge in [-0.3, -0.25) is 9.69 Å². The second kappa shape index (κ2) is 8.92. The van der Waals surface area contributed by atoms with Gasteiger partial charge in [-0.1, -0.05) is 26.0 Å². The summed E-state index contributed by atoms with van der Waals surface area (Å²) in [5, 5.41) is 4.26. The van der Waals surface area contributed by atoms with Gasteiger partial charge in [-0.15, -0.1) is 0 Å². The molecule has 0 unspecified atom stereocenters. The summed E-state index contributed by atoms with van der Waals surface area (Å²) in [5.74, 6) is 1.49. The molecule has 2 heterocycles. The van der Waals surface area contributed by atoms with E-state index in [2.05, 4.69) is 51.7 Å². The normalized spacial score (nSPS) is 15.6. The average molecular weight is 406 g/mol. The number of nitrogens with one attached hydrogen (secondary N) is 2. The number of benzene rings is 2. The lowest BCUT2D eigenvalue weighted by Gasteiger charge is -2.32. The standard InChI is InChI=1S/C25H31N3O2/c1-17(2)25(29)27-21-6-4-5-19(13-21)18-9-11-28(12-10-18)16-20-15-26-24-8-7-22(30-3)14-23(20)24/h4-8,13-15,17-18,26H,9-12,16H2,1-3H3,(H,27,29). The molecule has 0 aliphatic carbocycles. The summed E-state index contributed by atoms with van der Waals surface area (Å²) in [6.45, 7) is 6.93. The Hall–Kier alpha value is -2.79. The molecule has 2 aromatic carbocycles. The molecule has 0 saturated carbocycles. The predicted octanol–water partition coefficient (Wildman–Crippen LogP) is 5.15. The highest BCUT2D eigenvalue weighted by atomic mass is 16.5. The molecule has 4 rings (SSSR count). The van der Waals surface area contributed by atoms with Crippen molar-refractivity contribution in [3.05, 3.63) is 59.8 Å². The summed E-state index contributed by atoms with van der Waals surface area (Å²) in [6, 6.07) is 14.6.